The maximum atomic E-state index is 12.6. The van der Waals surface area contributed by atoms with Crippen molar-refractivity contribution in [2.45, 2.75) is 49.1 Å². The third-order valence-corrected chi connectivity index (χ3v) is 7.25. The average molecular weight is 416 g/mol. The van der Waals surface area contributed by atoms with E-state index < -0.39 is 35.3 Å². The molecule has 0 aromatic heterocycles. The molecule has 8 nitrogen and oxygen atoms in total. The zero-order valence-electron chi connectivity index (χ0n) is 17.0. The number of carbonyl (C=O) groups is 2. The van der Waals surface area contributed by atoms with Gasteiger partial charge in [-0.3, -0.25) is 9.80 Å². The van der Waals surface area contributed by atoms with E-state index in [1.807, 2.05) is 0 Å². The highest BCUT2D eigenvalue weighted by Crippen LogP contribution is 2.39. The van der Waals surface area contributed by atoms with Gasteiger partial charge in [0.2, 0.25) is 0 Å². The topological polar surface area (TPSA) is 99.5 Å². The summed E-state index contributed by atoms with van der Waals surface area (Å²) in [5, 5.41) is 20.6. The number of carbonyl (C=O) groups excluding carboxylic acids is 2. The first kappa shape index (κ1) is 21.1. The van der Waals surface area contributed by atoms with Crippen molar-refractivity contribution >= 4 is 11.9 Å². The van der Waals surface area contributed by atoms with Gasteiger partial charge in [-0.25, -0.2) is 9.59 Å². The average Bonchev–Trinajstić information content (AvgIpc) is 2.79. The lowest BCUT2D eigenvalue weighted by Crippen LogP contribution is -2.62. The molecule has 6 saturated heterocycles. The van der Waals surface area contributed by atoms with Gasteiger partial charge in [-0.05, 0) is 51.9 Å². The Bertz CT molecular complexity index is 720. The molecule has 6 rings (SSSR count). The minimum absolute atomic E-state index is 0.00991. The third kappa shape index (κ3) is 3.48. The fourth-order valence-corrected chi connectivity index (χ4v) is 5.39. The van der Waals surface area contributed by atoms with Crippen molar-refractivity contribution in [2.75, 3.05) is 39.3 Å². The van der Waals surface area contributed by atoms with Crippen LogP contribution in [0.1, 0.15) is 25.7 Å². The molecule has 0 aliphatic carbocycles. The standard InChI is InChI=1S/C22H28N2O6/c1-3-21(13-23-9-5-15(21)6-10-23)29-19(27)17(25)18(26)20(28)30-22(4-2)14-24-11-7-16(22)8-12-24/h1-2,15-18,25-26H,5-14H2/t17?,18?,21-,22-/m0/s1. The zero-order valence-corrected chi connectivity index (χ0v) is 17.0. The lowest BCUT2D eigenvalue weighted by Gasteiger charge is -2.50. The van der Waals surface area contributed by atoms with Crippen molar-refractivity contribution in [1.82, 2.24) is 9.80 Å². The molecule has 0 saturated carbocycles. The van der Waals surface area contributed by atoms with Crippen LogP contribution in [0.15, 0.2) is 0 Å². The Morgan fingerprint density at radius 3 is 1.37 bits per heavy atom. The Morgan fingerprint density at radius 1 is 0.800 bits per heavy atom. The predicted octanol–water partition coefficient (Wildman–Crippen LogP) is -1.01. The number of hydrogen-bond acceptors (Lipinski definition) is 8. The van der Waals surface area contributed by atoms with Crippen LogP contribution in [0.4, 0.5) is 0 Å². The molecule has 6 aliphatic heterocycles. The summed E-state index contributed by atoms with van der Waals surface area (Å²) in [6.45, 7) is 4.30. The van der Waals surface area contributed by atoms with Crippen LogP contribution < -0.4 is 0 Å². The number of nitrogens with zero attached hydrogens (tertiary/aromatic N) is 2. The van der Waals surface area contributed by atoms with Crippen molar-refractivity contribution in [2.24, 2.45) is 11.8 Å². The summed E-state index contributed by atoms with van der Waals surface area (Å²) < 4.78 is 11.0. The van der Waals surface area contributed by atoms with E-state index >= 15 is 0 Å². The summed E-state index contributed by atoms with van der Waals surface area (Å²) in [6, 6.07) is 0. The van der Waals surface area contributed by atoms with E-state index in [0.29, 0.717) is 13.1 Å². The van der Waals surface area contributed by atoms with Crippen LogP contribution in [0, 0.1) is 36.5 Å². The second kappa shape index (κ2) is 7.86. The summed E-state index contributed by atoms with van der Waals surface area (Å²) in [4.78, 5) is 29.3. The summed E-state index contributed by atoms with van der Waals surface area (Å²) in [6.07, 6.45) is 10.3. The first-order valence-electron chi connectivity index (χ1n) is 10.5. The molecule has 2 unspecified atom stereocenters. The summed E-state index contributed by atoms with van der Waals surface area (Å²) >= 11 is 0. The van der Waals surface area contributed by atoms with Gasteiger partial charge in [0.25, 0.3) is 0 Å². The van der Waals surface area contributed by atoms with Gasteiger partial charge in [-0.2, -0.15) is 0 Å². The fourth-order valence-electron chi connectivity index (χ4n) is 5.39. The minimum Gasteiger partial charge on any atom is -0.442 e. The summed E-state index contributed by atoms with van der Waals surface area (Å²) in [5.74, 6) is 2.87. The predicted molar refractivity (Wildman–Crippen MR) is 106 cm³/mol. The number of ether oxygens (including phenoxy) is 2. The maximum absolute atomic E-state index is 12.6. The molecule has 2 N–H and O–H groups in total. The summed E-state index contributed by atoms with van der Waals surface area (Å²) in [5.41, 5.74) is -2.32. The van der Waals surface area contributed by atoms with Crippen LogP contribution in [0.2, 0.25) is 0 Å². The van der Waals surface area contributed by atoms with Crippen molar-refractivity contribution in [3.8, 4) is 24.7 Å². The van der Waals surface area contributed by atoms with Crippen molar-refractivity contribution in [3.05, 3.63) is 0 Å². The number of hydrogen-bond donors (Lipinski definition) is 2. The highest BCUT2D eigenvalue weighted by atomic mass is 16.6. The smallest absolute Gasteiger partial charge is 0.339 e. The van der Waals surface area contributed by atoms with Gasteiger partial charge in [0.15, 0.2) is 23.4 Å². The molecular weight excluding hydrogens is 388 g/mol. The van der Waals surface area contributed by atoms with Gasteiger partial charge in [0.1, 0.15) is 0 Å². The van der Waals surface area contributed by atoms with Gasteiger partial charge in [0, 0.05) is 11.8 Å². The lowest BCUT2D eigenvalue weighted by molar-refractivity contribution is -0.198. The molecule has 0 amide bonds. The van der Waals surface area contributed by atoms with E-state index in [4.69, 9.17) is 22.3 Å². The number of aliphatic hydroxyl groups is 2. The van der Waals surface area contributed by atoms with Crippen molar-refractivity contribution < 1.29 is 29.3 Å². The molecule has 4 atom stereocenters. The van der Waals surface area contributed by atoms with Crippen LogP contribution >= 0.6 is 0 Å². The Hall–Kier alpha value is -2.10. The van der Waals surface area contributed by atoms with Gasteiger partial charge in [-0.15, -0.1) is 12.8 Å². The Labute approximate surface area is 176 Å². The molecule has 0 radical (unpaired) electrons. The minimum atomic E-state index is -2.10. The molecule has 0 spiro atoms. The van der Waals surface area contributed by atoms with Gasteiger partial charge < -0.3 is 19.7 Å². The van der Waals surface area contributed by atoms with E-state index in [0.717, 1.165) is 51.9 Å². The fraction of sp³-hybridized carbons (Fsp3) is 0.727. The lowest BCUT2D eigenvalue weighted by atomic mass is 9.75. The molecule has 0 aromatic carbocycles. The van der Waals surface area contributed by atoms with E-state index in [1.165, 1.54) is 0 Å². The zero-order chi connectivity index (χ0) is 21.5. The van der Waals surface area contributed by atoms with E-state index in [-0.39, 0.29) is 11.8 Å². The van der Waals surface area contributed by atoms with Gasteiger partial charge >= 0.3 is 11.9 Å². The molecule has 30 heavy (non-hydrogen) atoms. The molecular formula is C22H28N2O6. The first-order valence-corrected chi connectivity index (χ1v) is 10.5. The maximum Gasteiger partial charge on any atom is 0.339 e. The Morgan fingerprint density at radius 2 is 1.13 bits per heavy atom. The van der Waals surface area contributed by atoms with Crippen molar-refractivity contribution in [1.29, 1.82) is 0 Å². The summed E-state index contributed by atoms with van der Waals surface area (Å²) in [7, 11) is 0. The molecule has 0 aromatic rings. The third-order valence-electron chi connectivity index (χ3n) is 7.25. The first-order chi connectivity index (χ1) is 14.3. The number of rotatable bonds is 5. The van der Waals surface area contributed by atoms with Gasteiger partial charge in [0.05, 0.1) is 13.1 Å². The van der Waals surface area contributed by atoms with Gasteiger partial charge in [-0.1, -0.05) is 11.8 Å². The normalized spacial score (nSPS) is 41.2. The number of esters is 2. The van der Waals surface area contributed by atoms with Crippen LogP contribution in [0.25, 0.3) is 0 Å². The SMILES string of the molecule is C#C[C@]1(OC(=O)C(O)C(O)C(=O)O[C@@]2(C#C)CN3CCC2CC3)CN2CCC1CC2. The van der Waals surface area contributed by atoms with Crippen LogP contribution in [0.3, 0.4) is 0 Å². The Kier molecular flexibility index (Phi) is 5.54. The molecule has 4 bridgehead atoms. The molecule has 6 fully saturated rings. The highest BCUT2D eigenvalue weighted by molar-refractivity contribution is 5.86. The second-order valence-electron chi connectivity index (χ2n) is 8.90. The quantitative estimate of drug-likeness (QED) is 0.435. The number of terminal acetylenes is 2. The molecule has 8 heteroatoms. The highest BCUT2D eigenvalue weighted by Gasteiger charge is 2.52. The number of aliphatic hydroxyl groups excluding tert-OH is 2. The monoisotopic (exact) mass is 416 g/mol. The van der Waals surface area contributed by atoms with Crippen LogP contribution in [-0.2, 0) is 19.1 Å². The van der Waals surface area contributed by atoms with Crippen LogP contribution in [0.5, 0.6) is 0 Å². The molecule has 6 heterocycles. The van der Waals surface area contributed by atoms with Crippen molar-refractivity contribution in [3.63, 3.8) is 0 Å². The molecule has 6 aliphatic rings. The Balaban J connectivity index is 1.41. The van der Waals surface area contributed by atoms with E-state index in [2.05, 4.69) is 21.6 Å². The van der Waals surface area contributed by atoms with Crippen LogP contribution in [-0.4, -0.2) is 94.6 Å². The largest absolute Gasteiger partial charge is 0.442 e. The second-order valence-corrected chi connectivity index (χ2v) is 8.90. The van der Waals surface area contributed by atoms with E-state index in [1.54, 1.807) is 0 Å². The number of piperidine rings is 6. The van der Waals surface area contributed by atoms with E-state index in [9.17, 15) is 19.8 Å². The number of fused-ring (bicyclic) bond motifs is 6. The molecule has 162 valence electrons.